The molecule has 2 aromatic carbocycles. The molecule has 0 fully saturated rings. The van der Waals surface area contributed by atoms with Gasteiger partial charge in [0.25, 0.3) is 0 Å². The summed E-state index contributed by atoms with van der Waals surface area (Å²) in [6.45, 7) is 1.34. The highest BCUT2D eigenvalue weighted by atomic mass is 127. The average Bonchev–Trinajstić information content (AvgIpc) is 2.44. The molecule has 0 radical (unpaired) electrons. The van der Waals surface area contributed by atoms with Crippen molar-refractivity contribution in [1.29, 1.82) is 0 Å². The van der Waals surface area contributed by atoms with Crippen LogP contribution in [-0.2, 0) is 0 Å². The second-order valence-corrected chi connectivity index (χ2v) is 5.18. The van der Waals surface area contributed by atoms with E-state index in [0.29, 0.717) is 6.61 Å². The molecule has 0 aliphatic heterocycles. The molecule has 0 saturated carbocycles. The molecule has 0 spiro atoms. The summed E-state index contributed by atoms with van der Waals surface area (Å²) >= 11 is 2.30. The van der Waals surface area contributed by atoms with Crippen LogP contribution >= 0.6 is 22.6 Å². The van der Waals surface area contributed by atoms with Gasteiger partial charge in [-0.2, -0.15) is 0 Å². The SMILES string of the molecule is COc1ccccc1OCCNc1cccc(I)c1. The highest BCUT2D eigenvalue weighted by molar-refractivity contribution is 14.1. The summed E-state index contributed by atoms with van der Waals surface area (Å²) in [7, 11) is 1.65. The third kappa shape index (κ3) is 4.31. The average molecular weight is 369 g/mol. The first kappa shape index (κ1) is 14.0. The summed E-state index contributed by atoms with van der Waals surface area (Å²) in [5.41, 5.74) is 1.11. The van der Waals surface area contributed by atoms with Gasteiger partial charge < -0.3 is 14.8 Å². The maximum Gasteiger partial charge on any atom is 0.161 e. The highest BCUT2D eigenvalue weighted by Gasteiger charge is 2.01. The van der Waals surface area contributed by atoms with E-state index >= 15 is 0 Å². The predicted octanol–water partition coefficient (Wildman–Crippen LogP) is 3.79. The third-order valence-corrected chi connectivity index (χ3v) is 3.25. The number of rotatable bonds is 6. The molecule has 0 unspecified atom stereocenters. The van der Waals surface area contributed by atoms with Crippen molar-refractivity contribution in [2.75, 3.05) is 25.6 Å². The lowest BCUT2D eigenvalue weighted by molar-refractivity contribution is 0.306. The molecule has 1 N–H and O–H groups in total. The van der Waals surface area contributed by atoms with Crippen LogP contribution < -0.4 is 14.8 Å². The lowest BCUT2D eigenvalue weighted by atomic mass is 10.3. The number of halogens is 1. The lowest BCUT2D eigenvalue weighted by Gasteiger charge is -2.11. The molecule has 0 saturated heterocycles. The quantitative estimate of drug-likeness (QED) is 0.621. The Morgan fingerprint density at radius 1 is 1.05 bits per heavy atom. The fraction of sp³-hybridized carbons (Fsp3) is 0.200. The van der Waals surface area contributed by atoms with Crippen LogP contribution in [0.15, 0.2) is 48.5 Å². The van der Waals surface area contributed by atoms with Crippen molar-refractivity contribution in [1.82, 2.24) is 0 Å². The Kier molecular flexibility index (Phi) is 5.32. The topological polar surface area (TPSA) is 30.5 Å². The lowest BCUT2D eigenvalue weighted by Crippen LogP contribution is -2.11. The van der Waals surface area contributed by atoms with Gasteiger partial charge in [-0.05, 0) is 52.9 Å². The predicted molar refractivity (Wildman–Crippen MR) is 86.1 cm³/mol. The molecule has 0 bridgehead atoms. The minimum Gasteiger partial charge on any atom is -0.493 e. The van der Waals surface area contributed by atoms with Crippen LogP contribution in [0.4, 0.5) is 5.69 Å². The maximum atomic E-state index is 5.69. The molecule has 0 amide bonds. The summed E-state index contributed by atoms with van der Waals surface area (Å²) in [6.07, 6.45) is 0. The van der Waals surface area contributed by atoms with Crippen LogP contribution in [0.3, 0.4) is 0 Å². The van der Waals surface area contributed by atoms with Gasteiger partial charge >= 0.3 is 0 Å². The molecule has 0 aromatic heterocycles. The van der Waals surface area contributed by atoms with Gasteiger partial charge in [0, 0.05) is 15.8 Å². The normalized spacial score (nSPS) is 10.0. The molecule has 19 heavy (non-hydrogen) atoms. The summed E-state index contributed by atoms with van der Waals surface area (Å²) in [5.74, 6) is 1.53. The highest BCUT2D eigenvalue weighted by Crippen LogP contribution is 2.25. The van der Waals surface area contributed by atoms with Crippen molar-refractivity contribution in [3.8, 4) is 11.5 Å². The second-order valence-electron chi connectivity index (χ2n) is 3.94. The van der Waals surface area contributed by atoms with Crippen molar-refractivity contribution >= 4 is 28.3 Å². The number of benzene rings is 2. The smallest absolute Gasteiger partial charge is 0.161 e. The summed E-state index contributed by atoms with van der Waals surface area (Å²) < 4.78 is 12.1. The maximum absolute atomic E-state index is 5.69. The van der Waals surface area contributed by atoms with Crippen molar-refractivity contribution < 1.29 is 9.47 Å². The van der Waals surface area contributed by atoms with E-state index in [1.54, 1.807) is 7.11 Å². The van der Waals surface area contributed by atoms with Crippen molar-refractivity contribution in [3.63, 3.8) is 0 Å². The van der Waals surface area contributed by atoms with Crippen molar-refractivity contribution in [2.45, 2.75) is 0 Å². The van der Waals surface area contributed by atoms with E-state index in [9.17, 15) is 0 Å². The van der Waals surface area contributed by atoms with Gasteiger partial charge in [0.15, 0.2) is 11.5 Å². The van der Waals surface area contributed by atoms with E-state index in [0.717, 1.165) is 23.7 Å². The Morgan fingerprint density at radius 3 is 2.58 bits per heavy atom. The van der Waals surface area contributed by atoms with Crippen LogP contribution in [0.25, 0.3) is 0 Å². The van der Waals surface area contributed by atoms with Gasteiger partial charge in [-0.3, -0.25) is 0 Å². The zero-order valence-corrected chi connectivity index (χ0v) is 12.9. The van der Waals surface area contributed by atoms with Crippen LogP contribution in [0, 0.1) is 3.57 Å². The van der Waals surface area contributed by atoms with Gasteiger partial charge in [0.1, 0.15) is 6.61 Å². The number of nitrogens with one attached hydrogen (secondary N) is 1. The van der Waals surface area contributed by atoms with Crippen molar-refractivity contribution in [3.05, 3.63) is 52.1 Å². The zero-order chi connectivity index (χ0) is 13.5. The van der Waals surface area contributed by atoms with Crippen LogP contribution in [0.5, 0.6) is 11.5 Å². The Labute approximate surface area is 127 Å². The molecule has 100 valence electrons. The molecule has 0 aliphatic carbocycles. The van der Waals surface area contributed by atoms with Gasteiger partial charge in [0.05, 0.1) is 7.11 Å². The van der Waals surface area contributed by atoms with Crippen LogP contribution in [0.1, 0.15) is 0 Å². The molecule has 0 atom stereocenters. The number of hydrogen-bond acceptors (Lipinski definition) is 3. The summed E-state index contributed by atoms with van der Waals surface area (Å²) in [6, 6.07) is 15.9. The minimum absolute atomic E-state index is 0.589. The van der Waals surface area contributed by atoms with E-state index in [1.807, 2.05) is 36.4 Å². The monoisotopic (exact) mass is 369 g/mol. The zero-order valence-electron chi connectivity index (χ0n) is 10.7. The van der Waals surface area contributed by atoms with E-state index in [1.165, 1.54) is 3.57 Å². The molecule has 0 heterocycles. The van der Waals surface area contributed by atoms with Gasteiger partial charge in [0.2, 0.25) is 0 Å². The number of hydrogen-bond donors (Lipinski definition) is 1. The fourth-order valence-electron chi connectivity index (χ4n) is 1.69. The van der Waals surface area contributed by atoms with Crippen molar-refractivity contribution in [2.24, 2.45) is 0 Å². The van der Waals surface area contributed by atoms with Crippen LogP contribution in [0.2, 0.25) is 0 Å². The molecule has 2 aromatic rings. The Balaban J connectivity index is 1.81. The molecule has 3 nitrogen and oxygen atoms in total. The number of para-hydroxylation sites is 2. The van der Waals surface area contributed by atoms with Crippen LogP contribution in [-0.4, -0.2) is 20.3 Å². The second kappa shape index (κ2) is 7.23. The molecule has 0 aliphatic rings. The summed E-state index contributed by atoms with van der Waals surface area (Å²) in [5, 5.41) is 3.32. The molecule has 4 heteroatoms. The Hall–Kier alpha value is -1.43. The first-order valence-corrected chi connectivity index (χ1v) is 7.13. The number of anilines is 1. The van der Waals surface area contributed by atoms with Gasteiger partial charge in [-0.1, -0.05) is 18.2 Å². The molecular weight excluding hydrogens is 353 g/mol. The minimum atomic E-state index is 0.589. The molecule has 2 rings (SSSR count). The first-order valence-electron chi connectivity index (χ1n) is 6.05. The fourth-order valence-corrected chi connectivity index (χ4v) is 2.24. The largest absolute Gasteiger partial charge is 0.493 e. The summed E-state index contributed by atoms with van der Waals surface area (Å²) in [4.78, 5) is 0. The standard InChI is InChI=1S/C15H16INO2/c1-18-14-7-2-3-8-15(14)19-10-9-17-13-6-4-5-12(16)11-13/h2-8,11,17H,9-10H2,1H3. The Bertz CT molecular complexity index is 531. The van der Waals surface area contributed by atoms with E-state index in [-0.39, 0.29) is 0 Å². The first-order chi connectivity index (χ1) is 9.29. The van der Waals surface area contributed by atoms with Gasteiger partial charge in [-0.25, -0.2) is 0 Å². The number of ether oxygens (including phenoxy) is 2. The van der Waals surface area contributed by atoms with E-state index in [2.05, 4.69) is 40.0 Å². The number of methoxy groups -OCH3 is 1. The third-order valence-electron chi connectivity index (χ3n) is 2.58. The molecular formula is C15H16INO2. The van der Waals surface area contributed by atoms with E-state index < -0.39 is 0 Å². The Morgan fingerprint density at radius 2 is 1.84 bits per heavy atom. The van der Waals surface area contributed by atoms with E-state index in [4.69, 9.17) is 9.47 Å². The van der Waals surface area contributed by atoms with Gasteiger partial charge in [-0.15, -0.1) is 0 Å².